The zero-order valence-corrected chi connectivity index (χ0v) is 8.52. The SMILES string of the molecule is O=c1[nH]c(=O)c2[nH]c(-c3ccccn3)nc2[nH]1. The van der Waals surface area contributed by atoms with Gasteiger partial charge in [0.25, 0.3) is 5.56 Å². The van der Waals surface area contributed by atoms with E-state index in [-0.39, 0.29) is 11.2 Å². The third-order valence-corrected chi connectivity index (χ3v) is 2.30. The molecule has 0 radical (unpaired) electrons. The number of H-pyrrole nitrogens is 3. The average molecular weight is 229 g/mol. The highest BCUT2D eigenvalue weighted by molar-refractivity contribution is 5.73. The summed E-state index contributed by atoms with van der Waals surface area (Å²) in [6.07, 6.45) is 1.62. The normalized spacial score (nSPS) is 10.8. The summed E-state index contributed by atoms with van der Waals surface area (Å²) in [5.41, 5.74) is -0.0337. The van der Waals surface area contributed by atoms with Crippen LogP contribution in [0.4, 0.5) is 0 Å². The Labute approximate surface area is 93.6 Å². The maximum absolute atomic E-state index is 11.5. The van der Waals surface area contributed by atoms with Gasteiger partial charge in [0.05, 0.1) is 0 Å². The molecule has 0 saturated heterocycles. The number of fused-ring (bicyclic) bond motifs is 1. The molecule has 0 aliphatic rings. The fourth-order valence-corrected chi connectivity index (χ4v) is 1.56. The number of hydrogen-bond acceptors (Lipinski definition) is 4. The molecule has 0 fully saturated rings. The molecular weight excluding hydrogens is 222 g/mol. The molecule has 0 aliphatic carbocycles. The first kappa shape index (κ1) is 9.52. The van der Waals surface area contributed by atoms with Crippen molar-refractivity contribution in [2.45, 2.75) is 0 Å². The second kappa shape index (κ2) is 3.41. The minimum atomic E-state index is -0.582. The highest BCUT2D eigenvalue weighted by Crippen LogP contribution is 2.13. The summed E-state index contributed by atoms with van der Waals surface area (Å²) >= 11 is 0. The molecule has 0 amide bonds. The van der Waals surface area contributed by atoms with Crippen molar-refractivity contribution in [2.24, 2.45) is 0 Å². The molecule has 3 heterocycles. The molecule has 7 heteroatoms. The van der Waals surface area contributed by atoms with Gasteiger partial charge in [0.2, 0.25) is 0 Å². The molecule has 0 unspecified atom stereocenters. The summed E-state index contributed by atoms with van der Waals surface area (Å²) in [6.45, 7) is 0. The third-order valence-electron chi connectivity index (χ3n) is 2.30. The Morgan fingerprint density at radius 1 is 1.06 bits per heavy atom. The molecule has 3 N–H and O–H groups in total. The minimum absolute atomic E-state index is 0.222. The van der Waals surface area contributed by atoms with Crippen LogP contribution >= 0.6 is 0 Å². The Kier molecular flexibility index (Phi) is 1.91. The van der Waals surface area contributed by atoms with Crippen LogP contribution in [0, 0.1) is 0 Å². The van der Waals surface area contributed by atoms with Gasteiger partial charge in [0.1, 0.15) is 11.2 Å². The van der Waals surface area contributed by atoms with E-state index in [1.54, 1.807) is 18.3 Å². The minimum Gasteiger partial charge on any atom is -0.331 e. The second-order valence-electron chi connectivity index (χ2n) is 3.43. The number of hydrogen-bond donors (Lipinski definition) is 3. The van der Waals surface area contributed by atoms with Gasteiger partial charge in [0, 0.05) is 6.20 Å². The van der Waals surface area contributed by atoms with Crippen molar-refractivity contribution >= 4 is 11.2 Å². The largest absolute Gasteiger partial charge is 0.331 e. The molecule has 0 bridgehead atoms. The first-order chi connectivity index (χ1) is 8.24. The van der Waals surface area contributed by atoms with Crippen LogP contribution in [0.15, 0.2) is 34.0 Å². The molecule has 0 atom stereocenters. The lowest BCUT2D eigenvalue weighted by atomic mass is 10.3. The van der Waals surface area contributed by atoms with Crippen molar-refractivity contribution in [1.29, 1.82) is 0 Å². The van der Waals surface area contributed by atoms with E-state index in [9.17, 15) is 9.59 Å². The van der Waals surface area contributed by atoms with Gasteiger partial charge in [-0.15, -0.1) is 0 Å². The average Bonchev–Trinajstić information content (AvgIpc) is 2.74. The van der Waals surface area contributed by atoms with Crippen LogP contribution < -0.4 is 11.2 Å². The van der Waals surface area contributed by atoms with Crippen LogP contribution in [0.2, 0.25) is 0 Å². The lowest BCUT2D eigenvalue weighted by Crippen LogP contribution is -2.21. The molecule has 84 valence electrons. The summed E-state index contributed by atoms with van der Waals surface area (Å²) in [7, 11) is 0. The van der Waals surface area contributed by atoms with Crippen molar-refractivity contribution in [3.8, 4) is 11.5 Å². The zero-order chi connectivity index (χ0) is 11.8. The van der Waals surface area contributed by atoms with Gasteiger partial charge in [0.15, 0.2) is 11.5 Å². The molecular formula is C10H7N5O2. The maximum Gasteiger partial charge on any atom is 0.327 e. The van der Waals surface area contributed by atoms with Crippen LogP contribution in [0.25, 0.3) is 22.7 Å². The van der Waals surface area contributed by atoms with Gasteiger partial charge in [-0.1, -0.05) is 6.07 Å². The topological polar surface area (TPSA) is 107 Å². The number of pyridine rings is 1. The molecule has 0 aromatic carbocycles. The zero-order valence-electron chi connectivity index (χ0n) is 8.52. The number of nitrogens with zero attached hydrogens (tertiary/aromatic N) is 2. The Morgan fingerprint density at radius 2 is 1.94 bits per heavy atom. The smallest absolute Gasteiger partial charge is 0.327 e. The quantitative estimate of drug-likeness (QED) is 0.545. The van der Waals surface area contributed by atoms with Crippen LogP contribution in [0.3, 0.4) is 0 Å². The van der Waals surface area contributed by atoms with Crippen molar-refractivity contribution < 1.29 is 0 Å². The van der Waals surface area contributed by atoms with E-state index in [1.165, 1.54) is 0 Å². The fourth-order valence-electron chi connectivity index (χ4n) is 1.56. The maximum atomic E-state index is 11.5. The monoisotopic (exact) mass is 229 g/mol. The summed E-state index contributed by atoms with van der Waals surface area (Å²) < 4.78 is 0. The number of aromatic amines is 3. The molecule has 3 aromatic heterocycles. The predicted octanol–water partition coefficient (Wildman–Crippen LogP) is 0.00150. The molecule has 7 nitrogen and oxygen atoms in total. The number of rotatable bonds is 1. The van der Waals surface area contributed by atoms with Crippen LogP contribution in [-0.4, -0.2) is 24.9 Å². The van der Waals surface area contributed by atoms with E-state index in [0.29, 0.717) is 11.5 Å². The van der Waals surface area contributed by atoms with Gasteiger partial charge in [-0.05, 0) is 12.1 Å². The fraction of sp³-hybridized carbons (Fsp3) is 0. The summed E-state index contributed by atoms with van der Waals surface area (Å²) in [6, 6.07) is 5.34. The van der Waals surface area contributed by atoms with E-state index in [1.807, 2.05) is 6.07 Å². The molecule has 0 spiro atoms. The Balaban J connectivity index is 2.31. The first-order valence-electron chi connectivity index (χ1n) is 4.88. The summed E-state index contributed by atoms with van der Waals surface area (Å²) in [5.74, 6) is 0.438. The Bertz CT molecular complexity index is 784. The van der Waals surface area contributed by atoms with E-state index in [4.69, 9.17) is 0 Å². The molecule has 0 saturated carbocycles. The van der Waals surface area contributed by atoms with Gasteiger partial charge in [-0.2, -0.15) is 0 Å². The van der Waals surface area contributed by atoms with Crippen molar-refractivity contribution in [3.63, 3.8) is 0 Å². The van der Waals surface area contributed by atoms with Crippen molar-refractivity contribution in [2.75, 3.05) is 0 Å². The van der Waals surface area contributed by atoms with Gasteiger partial charge in [-0.25, -0.2) is 9.78 Å². The van der Waals surface area contributed by atoms with Crippen LogP contribution in [-0.2, 0) is 0 Å². The van der Waals surface area contributed by atoms with Gasteiger partial charge >= 0.3 is 5.69 Å². The molecule has 3 aromatic rings. The third kappa shape index (κ3) is 1.53. The number of nitrogens with one attached hydrogen (secondary N) is 3. The number of aromatic nitrogens is 5. The highest BCUT2D eigenvalue weighted by atomic mass is 16.2. The highest BCUT2D eigenvalue weighted by Gasteiger charge is 2.09. The molecule has 3 rings (SSSR count). The van der Waals surface area contributed by atoms with Crippen molar-refractivity contribution in [3.05, 3.63) is 45.2 Å². The molecule has 17 heavy (non-hydrogen) atoms. The van der Waals surface area contributed by atoms with Gasteiger partial charge < -0.3 is 4.98 Å². The van der Waals surface area contributed by atoms with E-state index in [0.717, 1.165) is 0 Å². The van der Waals surface area contributed by atoms with E-state index in [2.05, 4.69) is 24.9 Å². The Morgan fingerprint density at radius 3 is 2.71 bits per heavy atom. The number of imidazole rings is 1. The van der Waals surface area contributed by atoms with E-state index < -0.39 is 11.2 Å². The standard InChI is InChI=1S/C10H7N5O2/c16-9-6-8(14-10(17)15-9)13-7(12-6)5-3-1-2-4-11-5/h1-4H,(H3,12,13,14,15,16,17). The summed E-state index contributed by atoms with van der Waals surface area (Å²) in [4.78, 5) is 38.1. The second-order valence-corrected chi connectivity index (χ2v) is 3.43. The van der Waals surface area contributed by atoms with E-state index >= 15 is 0 Å². The Hall–Kier alpha value is -2.70. The van der Waals surface area contributed by atoms with Crippen molar-refractivity contribution in [1.82, 2.24) is 24.9 Å². The molecule has 0 aliphatic heterocycles. The van der Waals surface area contributed by atoms with Gasteiger partial charge in [-0.3, -0.25) is 19.7 Å². The lowest BCUT2D eigenvalue weighted by Gasteiger charge is -1.91. The van der Waals surface area contributed by atoms with Crippen LogP contribution in [0.5, 0.6) is 0 Å². The predicted molar refractivity (Wildman–Crippen MR) is 60.6 cm³/mol. The van der Waals surface area contributed by atoms with Crippen LogP contribution in [0.1, 0.15) is 0 Å². The first-order valence-corrected chi connectivity index (χ1v) is 4.88. The summed E-state index contributed by atoms with van der Waals surface area (Å²) in [5, 5.41) is 0. The lowest BCUT2D eigenvalue weighted by molar-refractivity contribution is 1.07.